The lowest BCUT2D eigenvalue weighted by Gasteiger charge is -2.20. The highest BCUT2D eigenvalue weighted by Gasteiger charge is 2.13. The fraction of sp³-hybridized carbons (Fsp3) is 0.429. The predicted octanol–water partition coefficient (Wildman–Crippen LogP) is 2.19. The normalized spacial score (nSPS) is 10.2. The summed E-state index contributed by atoms with van der Waals surface area (Å²) in [5.74, 6) is -0.373. The van der Waals surface area contributed by atoms with E-state index in [9.17, 15) is 9.59 Å². The van der Waals surface area contributed by atoms with Crippen LogP contribution in [0.4, 0.5) is 5.69 Å². The maximum Gasteiger partial charge on any atom is 0.243 e. The van der Waals surface area contributed by atoms with Crippen molar-refractivity contribution in [3.05, 3.63) is 28.2 Å². The van der Waals surface area contributed by atoms with Crippen molar-refractivity contribution in [3.8, 4) is 0 Å². The molecule has 0 heterocycles. The van der Waals surface area contributed by atoms with Crippen LogP contribution >= 0.6 is 15.9 Å². The van der Waals surface area contributed by atoms with Crippen molar-refractivity contribution in [3.63, 3.8) is 0 Å². The number of halogens is 1. The van der Waals surface area contributed by atoms with Crippen LogP contribution in [0.15, 0.2) is 22.7 Å². The lowest BCUT2D eigenvalue weighted by atomic mass is 10.2. The molecule has 0 bridgehead atoms. The molecule has 0 saturated heterocycles. The largest absolute Gasteiger partial charge is 0.383 e. The number of amides is 2. The number of nitrogens with zero attached hydrogens (tertiary/aromatic N) is 1. The molecule has 0 saturated carbocycles. The van der Waals surface area contributed by atoms with Crippen LogP contribution in [0.5, 0.6) is 0 Å². The third-order valence-electron chi connectivity index (χ3n) is 2.79. The van der Waals surface area contributed by atoms with Gasteiger partial charge in [0.05, 0.1) is 13.2 Å². The van der Waals surface area contributed by atoms with Crippen LogP contribution in [0.1, 0.15) is 12.5 Å². The monoisotopic (exact) mass is 342 g/mol. The molecule has 0 radical (unpaired) electrons. The van der Waals surface area contributed by atoms with Gasteiger partial charge in [-0.2, -0.15) is 0 Å². The predicted molar refractivity (Wildman–Crippen MR) is 81.6 cm³/mol. The van der Waals surface area contributed by atoms with Gasteiger partial charge in [0.1, 0.15) is 0 Å². The third kappa shape index (κ3) is 5.30. The number of hydrogen-bond acceptors (Lipinski definition) is 3. The Balaban J connectivity index is 2.60. The van der Waals surface area contributed by atoms with E-state index in [-0.39, 0.29) is 18.4 Å². The Morgan fingerprint density at radius 3 is 2.65 bits per heavy atom. The number of methoxy groups -OCH3 is 1. The first kappa shape index (κ1) is 16.7. The minimum absolute atomic E-state index is 0.0216. The van der Waals surface area contributed by atoms with Crippen LogP contribution in [0, 0.1) is 6.92 Å². The quantitative estimate of drug-likeness (QED) is 0.861. The van der Waals surface area contributed by atoms with Gasteiger partial charge in [-0.1, -0.05) is 15.9 Å². The molecular weight excluding hydrogens is 324 g/mol. The first-order valence-corrected chi connectivity index (χ1v) is 7.03. The van der Waals surface area contributed by atoms with Gasteiger partial charge in [-0.25, -0.2) is 0 Å². The fourth-order valence-corrected chi connectivity index (χ4v) is 1.89. The Morgan fingerprint density at radius 2 is 2.10 bits per heavy atom. The summed E-state index contributed by atoms with van der Waals surface area (Å²) in [6.07, 6.45) is 0. The SMILES string of the molecule is COCCN(CC(=O)Nc1ccc(Br)c(C)c1)C(C)=O. The summed E-state index contributed by atoms with van der Waals surface area (Å²) >= 11 is 3.40. The standard InChI is InChI=1S/C14H19BrN2O3/c1-10-8-12(4-5-13(10)15)16-14(19)9-17(11(2)18)6-7-20-3/h4-5,8H,6-7,9H2,1-3H3,(H,16,19). The maximum absolute atomic E-state index is 11.9. The second-order valence-corrected chi connectivity index (χ2v) is 5.30. The van der Waals surface area contributed by atoms with Crippen LogP contribution in [-0.2, 0) is 14.3 Å². The molecule has 0 spiro atoms. The van der Waals surface area contributed by atoms with E-state index in [2.05, 4.69) is 21.2 Å². The molecule has 1 N–H and O–H groups in total. The molecule has 0 unspecified atom stereocenters. The van der Waals surface area contributed by atoms with Crippen LogP contribution in [-0.4, -0.2) is 43.5 Å². The van der Waals surface area contributed by atoms with Crippen molar-refractivity contribution >= 4 is 33.4 Å². The molecule has 0 aliphatic carbocycles. The average molecular weight is 343 g/mol. The molecule has 1 aromatic rings. The topological polar surface area (TPSA) is 58.6 Å². The molecule has 110 valence electrons. The van der Waals surface area contributed by atoms with Crippen LogP contribution in [0.3, 0.4) is 0 Å². The molecule has 0 fully saturated rings. The zero-order valence-corrected chi connectivity index (χ0v) is 13.5. The van der Waals surface area contributed by atoms with E-state index < -0.39 is 0 Å². The van der Waals surface area contributed by atoms with Crippen LogP contribution in [0.2, 0.25) is 0 Å². The van der Waals surface area contributed by atoms with Gasteiger partial charge in [-0.05, 0) is 30.7 Å². The van der Waals surface area contributed by atoms with Gasteiger partial charge in [-0.15, -0.1) is 0 Å². The van der Waals surface area contributed by atoms with Crippen molar-refractivity contribution in [2.75, 3.05) is 32.1 Å². The number of aryl methyl sites for hydroxylation is 1. The molecule has 1 rings (SSSR count). The van der Waals surface area contributed by atoms with Crippen molar-refractivity contribution in [2.24, 2.45) is 0 Å². The maximum atomic E-state index is 11.9. The molecule has 6 heteroatoms. The lowest BCUT2D eigenvalue weighted by molar-refractivity contribution is -0.133. The highest BCUT2D eigenvalue weighted by Crippen LogP contribution is 2.19. The van der Waals surface area contributed by atoms with E-state index in [1.54, 1.807) is 7.11 Å². The molecule has 0 aliphatic heterocycles. The van der Waals surface area contributed by atoms with Gasteiger partial charge in [0.2, 0.25) is 11.8 Å². The Bertz CT molecular complexity index is 491. The number of carbonyl (C=O) groups excluding carboxylic acids is 2. The second-order valence-electron chi connectivity index (χ2n) is 4.45. The van der Waals surface area contributed by atoms with Crippen molar-refractivity contribution in [2.45, 2.75) is 13.8 Å². The Hall–Kier alpha value is -1.40. The summed E-state index contributed by atoms with van der Waals surface area (Å²) in [4.78, 5) is 24.8. The fourth-order valence-electron chi connectivity index (χ4n) is 1.65. The number of anilines is 1. The average Bonchev–Trinajstić information content (AvgIpc) is 2.38. The summed E-state index contributed by atoms with van der Waals surface area (Å²) in [5, 5.41) is 2.78. The van der Waals surface area contributed by atoms with Crippen molar-refractivity contribution in [1.29, 1.82) is 0 Å². The van der Waals surface area contributed by atoms with Crippen molar-refractivity contribution < 1.29 is 14.3 Å². The number of ether oxygens (including phenoxy) is 1. The van der Waals surface area contributed by atoms with Gasteiger partial charge in [0.25, 0.3) is 0 Å². The molecule has 0 atom stereocenters. The number of rotatable bonds is 6. The number of nitrogens with one attached hydrogen (secondary N) is 1. The summed E-state index contributed by atoms with van der Waals surface area (Å²) in [5.41, 5.74) is 1.75. The van der Waals surface area contributed by atoms with Crippen LogP contribution < -0.4 is 5.32 Å². The Labute approximate surface area is 127 Å². The van der Waals surface area contributed by atoms with E-state index in [1.165, 1.54) is 11.8 Å². The van der Waals surface area contributed by atoms with E-state index >= 15 is 0 Å². The summed E-state index contributed by atoms with van der Waals surface area (Å²) in [6.45, 7) is 4.21. The summed E-state index contributed by atoms with van der Waals surface area (Å²) in [7, 11) is 1.56. The van der Waals surface area contributed by atoms with Crippen LogP contribution in [0.25, 0.3) is 0 Å². The second kappa shape index (κ2) is 8.01. The zero-order chi connectivity index (χ0) is 15.1. The third-order valence-corrected chi connectivity index (χ3v) is 3.68. The highest BCUT2D eigenvalue weighted by atomic mass is 79.9. The van der Waals surface area contributed by atoms with E-state index in [0.717, 1.165) is 10.0 Å². The zero-order valence-electron chi connectivity index (χ0n) is 11.9. The van der Waals surface area contributed by atoms with Gasteiger partial charge >= 0.3 is 0 Å². The summed E-state index contributed by atoms with van der Waals surface area (Å²) in [6, 6.07) is 5.55. The van der Waals surface area contributed by atoms with Gasteiger partial charge in [0.15, 0.2) is 0 Å². The van der Waals surface area contributed by atoms with Gasteiger partial charge < -0.3 is 15.0 Å². The smallest absolute Gasteiger partial charge is 0.243 e. The molecule has 2 amide bonds. The first-order chi connectivity index (χ1) is 9.43. The molecule has 0 aliphatic rings. The Kier molecular flexibility index (Phi) is 6.67. The molecule has 1 aromatic carbocycles. The number of benzene rings is 1. The van der Waals surface area contributed by atoms with Gasteiger partial charge in [0, 0.05) is 30.7 Å². The lowest BCUT2D eigenvalue weighted by Crippen LogP contribution is -2.38. The summed E-state index contributed by atoms with van der Waals surface area (Å²) < 4.78 is 5.91. The number of carbonyl (C=O) groups is 2. The Morgan fingerprint density at radius 1 is 1.40 bits per heavy atom. The first-order valence-electron chi connectivity index (χ1n) is 6.24. The molecule has 20 heavy (non-hydrogen) atoms. The minimum atomic E-state index is -0.224. The van der Waals surface area contributed by atoms with E-state index in [0.29, 0.717) is 18.8 Å². The van der Waals surface area contributed by atoms with E-state index in [4.69, 9.17) is 4.74 Å². The highest BCUT2D eigenvalue weighted by molar-refractivity contribution is 9.10. The molecular formula is C14H19BrN2O3. The molecule has 0 aromatic heterocycles. The van der Waals surface area contributed by atoms with Gasteiger partial charge in [-0.3, -0.25) is 9.59 Å². The minimum Gasteiger partial charge on any atom is -0.383 e. The number of hydrogen-bond donors (Lipinski definition) is 1. The molecule has 5 nitrogen and oxygen atoms in total. The van der Waals surface area contributed by atoms with Crippen molar-refractivity contribution in [1.82, 2.24) is 4.90 Å². The van der Waals surface area contributed by atoms with E-state index in [1.807, 2.05) is 25.1 Å².